The van der Waals surface area contributed by atoms with Gasteiger partial charge in [-0.2, -0.15) is 4.72 Å². The molecule has 48 heavy (non-hydrogen) atoms. The number of nitrogens with one attached hydrogen (secondary N) is 3. The van der Waals surface area contributed by atoms with Crippen molar-refractivity contribution in [3.63, 3.8) is 0 Å². The Kier molecular flexibility index (Phi) is 15.1. The Hall–Kier alpha value is -3.23. The predicted octanol–water partition coefficient (Wildman–Crippen LogP) is 4.44. The maximum Gasteiger partial charge on any atom is 0.241 e. The third-order valence-corrected chi connectivity index (χ3v) is 11.8. The van der Waals surface area contributed by atoms with Crippen LogP contribution in [0.2, 0.25) is 0 Å². The van der Waals surface area contributed by atoms with Crippen LogP contribution >= 0.6 is 0 Å². The summed E-state index contributed by atoms with van der Waals surface area (Å²) >= 11 is 0. The largest absolute Gasteiger partial charge is 0.390 e. The molecule has 0 unspecified atom stereocenters. The second-order valence-corrected chi connectivity index (χ2v) is 16.0. The minimum atomic E-state index is -4.35. The molecule has 0 fully saturated rings. The van der Waals surface area contributed by atoms with Crippen molar-refractivity contribution < 1.29 is 35.5 Å². The van der Waals surface area contributed by atoms with Crippen molar-refractivity contribution in [3.05, 3.63) is 101 Å². The first-order valence-corrected chi connectivity index (χ1v) is 19.5. The van der Waals surface area contributed by atoms with E-state index in [1.807, 2.05) is 45.0 Å². The van der Waals surface area contributed by atoms with E-state index in [9.17, 15) is 35.5 Å². The predicted molar refractivity (Wildman–Crippen MR) is 183 cm³/mol. The first-order valence-electron chi connectivity index (χ1n) is 16.3. The Morgan fingerprint density at radius 2 is 1.44 bits per heavy atom. The fraction of sp³-hybridized carbons (Fsp3) is 0.457. The van der Waals surface area contributed by atoms with Gasteiger partial charge in [-0.25, -0.2) is 25.6 Å². The Balaban J connectivity index is 1.92. The Morgan fingerprint density at radius 3 is 2.04 bits per heavy atom. The highest BCUT2D eigenvalue weighted by Gasteiger charge is 2.36. The monoisotopic (exact) mass is 707 g/mol. The number of aliphatic hydroxyl groups is 1. The second kappa shape index (κ2) is 18.5. The molecule has 3 aromatic rings. The third-order valence-electron chi connectivity index (χ3n) is 8.05. The second-order valence-electron chi connectivity index (χ2n) is 12.0. The SMILES string of the molecule is CCCC(CCC)S(=O)(=O)C[C@H](NS(=O)(=O)c1ccccc1)C(=O)N[C@@H](Cc1cc(F)cc(F)c1)[C@H](O)CNCc1cccc(CC)c1. The van der Waals surface area contributed by atoms with Crippen molar-refractivity contribution in [3.8, 4) is 0 Å². The molecule has 9 nitrogen and oxygen atoms in total. The maximum absolute atomic E-state index is 14.1. The molecular weight excluding hydrogens is 661 g/mol. The van der Waals surface area contributed by atoms with Crippen LogP contribution in [0.5, 0.6) is 0 Å². The summed E-state index contributed by atoms with van der Waals surface area (Å²) in [4.78, 5) is 13.7. The summed E-state index contributed by atoms with van der Waals surface area (Å²) in [6.45, 7) is 6.05. The fourth-order valence-electron chi connectivity index (χ4n) is 5.55. The number of halogens is 2. The summed E-state index contributed by atoms with van der Waals surface area (Å²) in [5.74, 6) is -3.52. The van der Waals surface area contributed by atoms with Crippen molar-refractivity contribution in [2.24, 2.45) is 0 Å². The maximum atomic E-state index is 14.1. The number of hydrogen-bond acceptors (Lipinski definition) is 7. The van der Waals surface area contributed by atoms with E-state index in [0.717, 1.165) is 29.7 Å². The molecule has 0 spiro atoms. The minimum Gasteiger partial charge on any atom is -0.390 e. The third kappa shape index (κ3) is 12.0. The van der Waals surface area contributed by atoms with Crippen molar-refractivity contribution in [1.29, 1.82) is 0 Å². The highest BCUT2D eigenvalue weighted by Crippen LogP contribution is 2.19. The van der Waals surface area contributed by atoms with Crippen LogP contribution in [0.3, 0.4) is 0 Å². The molecule has 0 aliphatic rings. The average molecular weight is 708 g/mol. The highest BCUT2D eigenvalue weighted by molar-refractivity contribution is 7.92. The molecule has 0 saturated heterocycles. The van der Waals surface area contributed by atoms with E-state index in [0.29, 0.717) is 38.3 Å². The molecule has 0 heterocycles. The Morgan fingerprint density at radius 1 is 0.812 bits per heavy atom. The normalized spacial score (nSPS) is 14.1. The average Bonchev–Trinajstić information content (AvgIpc) is 3.03. The lowest BCUT2D eigenvalue weighted by Crippen LogP contribution is -2.57. The van der Waals surface area contributed by atoms with Crippen LogP contribution in [0.4, 0.5) is 8.78 Å². The Labute approximate surface area is 283 Å². The molecule has 0 aromatic heterocycles. The lowest BCUT2D eigenvalue weighted by molar-refractivity contribution is -0.123. The van der Waals surface area contributed by atoms with Crippen molar-refractivity contribution in [2.75, 3.05) is 12.3 Å². The molecule has 3 rings (SSSR count). The van der Waals surface area contributed by atoms with Gasteiger partial charge in [-0.3, -0.25) is 4.79 Å². The lowest BCUT2D eigenvalue weighted by Gasteiger charge is -2.28. The highest BCUT2D eigenvalue weighted by atomic mass is 32.2. The van der Waals surface area contributed by atoms with Crippen LogP contribution in [0.1, 0.15) is 63.1 Å². The van der Waals surface area contributed by atoms with Gasteiger partial charge in [0, 0.05) is 19.2 Å². The number of sulfone groups is 1. The number of amides is 1. The van der Waals surface area contributed by atoms with Crippen molar-refractivity contribution in [1.82, 2.24) is 15.4 Å². The number of rotatable bonds is 20. The number of sulfonamides is 1. The molecule has 0 bridgehead atoms. The quantitative estimate of drug-likeness (QED) is 0.136. The molecule has 13 heteroatoms. The number of aliphatic hydroxyl groups excluding tert-OH is 1. The standard InChI is InChI=1S/C35H47F2N3O6S2/c1-4-11-30(12-5-2)47(43,44)24-33(40-48(45,46)31-15-8-7-9-16-31)35(42)39-32(20-27-18-28(36)21-29(37)19-27)34(41)23-38-22-26-14-10-13-25(6-3)17-26/h7-10,13-19,21,30,32-34,38,40-41H,4-6,11-12,20,22-24H2,1-3H3,(H,39,42)/t32-,33-,34+/m0/s1. The summed E-state index contributed by atoms with van der Waals surface area (Å²) in [6, 6.07) is 15.0. The van der Waals surface area contributed by atoms with Crippen molar-refractivity contribution >= 4 is 25.8 Å². The van der Waals surface area contributed by atoms with E-state index < -0.39 is 66.6 Å². The summed E-state index contributed by atoms with van der Waals surface area (Å²) < 4.78 is 84.4. The molecule has 264 valence electrons. The zero-order valence-electron chi connectivity index (χ0n) is 27.7. The summed E-state index contributed by atoms with van der Waals surface area (Å²) in [5, 5.41) is 16.2. The number of benzene rings is 3. The number of carbonyl (C=O) groups excluding carboxylic acids is 1. The van der Waals surface area contributed by atoms with Gasteiger partial charge in [-0.05, 0) is 66.6 Å². The van der Waals surface area contributed by atoms with Gasteiger partial charge in [0.1, 0.15) is 17.7 Å². The first-order chi connectivity index (χ1) is 22.8. The topological polar surface area (TPSA) is 142 Å². The number of hydrogen-bond donors (Lipinski definition) is 4. The number of aryl methyl sites for hydroxylation is 1. The van der Waals surface area contributed by atoms with E-state index >= 15 is 0 Å². The summed E-state index contributed by atoms with van der Waals surface area (Å²) in [6.07, 6.45) is 1.14. The van der Waals surface area contributed by atoms with Crippen LogP contribution in [0.15, 0.2) is 77.7 Å². The van der Waals surface area contributed by atoms with Gasteiger partial charge < -0.3 is 15.7 Å². The fourth-order valence-corrected chi connectivity index (χ4v) is 9.03. The van der Waals surface area contributed by atoms with Crippen LogP contribution in [0, 0.1) is 11.6 Å². The van der Waals surface area contributed by atoms with Gasteiger partial charge >= 0.3 is 0 Å². The van der Waals surface area contributed by atoms with E-state index in [1.165, 1.54) is 24.3 Å². The van der Waals surface area contributed by atoms with Gasteiger partial charge in [0.2, 0.25) is 15.9 Å². The van der Waals surface area contributed by atoms with Crippen LogP contribution < -0.4 is 15.4 Å². The lowest BCUT2D eigenvalue weighted by atomic mass is 10.00. The molecule has 0 saturated carbocycles. The van der Waals surface area contributed by atoms with Gasteiger partial charge in [0.25, 0.3) is 0 Å². The molecule has 0 radical (unpaired) electrons. The Bertz CT molecular complexity index is 1670. The molecule has 0 aliphatic carbocycles. The molecule has 1 amide bonds. The number of carbonyl (C=O) groups is 1. The first kappa shape index (κ1) is 39.2. The molecule has 3 atom stereocenters. The molecular formula is C35H47F2N3O6S2. The minimum absolute atomic E-state index is 0.0487. The van der Waals surface area contributed by atoms with Crippen molar-refractivity contribution in [2.45, 2.75) is 94.2 Å². The summed E-state index contributed by atoms with van der Waals surface area (Å²) in [5.41, 5.74) is 2.23. The van der Waals surface area contributed by atoms with Gasteiger partial charge in [0.15, 0.2) is 9.84 Å². The smallest absolute Gasteiger partial charge is 0.241 e. The molecule has 0 aliphatic heterocycles. The zero-order valence-corrected chi connectivity index (χ0v) is 29.3. The molecule has 4 N–H and O–H groups in total. The van der Waals surface area contributed by atoms with Crippen LogP contribution in [-0.4, -0.2) is 63.6 Å². The zero-order chi connectivity index (χ0) is 35.3. The van der Waals surface area contributed by atoms with Crippen LogP contribution in [-0.2, 0) is 44.0 Å². The van der Waals surface area contributed by atoms with Gasteiger partial charge in [-0.1, -0.05) is 76.1 Å². The van der Waals surface area contributed by atoms with E-state index in [-0.39, 0.29) is 23.4 Å². The van der Waals surface area contributed by atoms with Gasteiger partial charge in [0.05, 0.1) is 28.0 Å². The van der Waals surface area contributed by atoms with E-state index in [2.05, 4.69) is 15.4 Å². The van der Waals surface area contributed by atoms with Crippen LogP contribution in [0.25, 0.3) is 0 Å². The van der Waals surface area contributed by atoms with E-state index in [4.69, 9.17) is 0 Å². The van der Waals surface area contributed by atoms with E-state index in [1.54, 1.807) is 6.07 Å². The molecule has 3 aromatic carbocycles. The summed E-state index contributed by atoms with van der Waals surface area (Å²) in [7, 11) is -8.34. The van der Waals surface area contributed by atoms with Gasteiger partial charge in [-0.15, -0.1) is 0 Å².